The van der Waals surface area contributed by atoms with Gasteiger partial charge in [-0.25, -0.2) is 9.00 Å². The predicted molar refractivity (Wildman–Crippen MR) is 281 cm³/mol. The lowest BCUT2D eigenvalue weighted by Crippen LogP contribution is -2.45. The summed E-state index contributed by atoms with van der Waals surface area (Å²) in [5.41, 5.74) is 7.11. The molecule has 0 radical (unpaired) electrons. The number of aliphatic imine (C=N–C) groups is 1. The van der Waals surface area contributed by atoms with Crippen LogP contribution >= 0.6 is 21.6 Å². The van der Waals surface area contributed by atoms with E-state index in [1.807, 2.05) is 83.9 Å². The van der Waals surface area contributed by atoms with Gasteiger partial charge in [-0.2, -0.15) is 0 Å². The number of hydroxylamine groups is 2. The summed E-state index contributed by atoms with van der Waals surface area (Å²) in [7, 11) is 5.98. The van der Waals surface area contributed by atoms with Crippen LogP contribution in [-0.4, -0.2) is 110 Å². The quantitative estimate of drug-likeness (QED) is 0.0386. The highest BCUT2D eigenvalue weighted by Crippen LogP contribution is 2.46. The lowest BCUT2D eigenvalue weighted by molar-refractivity contribution is -0.197. The van der Waals surface area contributed by atoms with Crippen LogP contribution in [0.15, 0.2) is 96.0 Å². The highest BCUT2D eigenvalue weighted by molar-refractivity contribution is 8.77. The zero-order chi connectivity index (χ0) is 51.8. The normalized spacial score (nSPS) is 18.4. The summed E-state index contributed by atoms with van der Waals surface area (Å²) in [6, 6.07) is 27.9. The predicted octanol–water partition coefficient (Wildman–Crippen LogP) is 7.68. The van der Waals surface area contributed by atoms with Gasteiger partial charge in [-0.1, -0.05) is 64.1 Å². The van der Waals surface area contributed by atoms with Crippen LogP contribution in [0, 0.1) is 0 Å². The van der Waals surface area contributed by atoms with Gasteiger partial charge in [0.25, 0.3) is 23.6 Å². The van der Waals surface area contributed by atoms with Crippen molar-refractivity contribution in [3.05, 3.63) is 125 Å². The second-order valence-corrected chi connectivity index (χ2v) is 23.1. The van der Waals surface area contributed by atoms with Gasteiger partial charge in [0, 0.05) is 72.6 Å². The molecule has 0 spiro atoms. The molecule has 384 valence electrons. The van der Waals surface area contributed by atoms with Crippen LogP contribution in [0.5, 0.6) is 23.0 Å². The number of ether oxygens (including phenoxy) is 4. The third-order valence-corrected chi connectivity index (χ3v) is 17.6. The van der Waals surface area contributed by atoms with E-state index >= 15 is 0 Å². The fourth-order valence-corrected chi connectivity index (χ4v) is 13.2. The number of methoxy groups -OCH3 is 2. The van der Waals surface area contributed by atoms with Crippen molar-refractivity contribution < 1.29 is 56.5 Å². The second kappa shape index (κ2) is 21.1. The molecule has 1 fully saturated rings. The smallest absolute Gasteiger partial charge is 0.351 e. The number of pyridine rings is 1. The number of rotatable bonds is 18. The van der Waals surface area contributed by atoms with Gasteiger partial charge < -0.3 is 38.1 Å². The molecule has 0 bridgehead atoms. The first-order chi connectivity index (χ1) is 35.7. The van der Waals surface area contributed by atoms with E-state index in [1.54, 1.807) is 23.1 Å². The molecular weight excluding hydrogens is 1010 g/mol. The molecule has 10 rings (SSSR count). The van der Waals surface area contributed by atoms with Gasteiger partial charge in [0.05, 0.1) is 60.2 Å². The van der Waals surface area contributed by atoms with E-state index in [1.165, 1.54) is 35.8 Å². The topological polar surface area (TPSA) is 207 Å². The SMILES string of the molecule is COc1cc2c(cc1OCc1cccc(COc3cc4c(cc3OC)C(=O)N3c5ccccc5CC3CN4CC(C)(C)SSCCC(C(=O)ON3C(=O)CCC3=O)S(=O)O)n1)N=CC1Cc3ccccc3N1C2=O. The number of aromatic nitrogens is 1. The number of para-hydroxylation sites is 2. The zero-order valence-electron chi connectivity index (χ0n) is 40.9. The zero-order valence-corrected chi connectivity index (χ0v) is 43.3. The molecule has 18 nitrogen and oxygen atoms in total. The third kappa shape index (κ3) is 10.2. The molecule has 5 aliphatic rings. The Kier molecular flexibility index (Phi) is 14.4. The maximum absolute atomic E-state index is 14.7. The molecule has 1 N–H and O–H groups in total. The molecule has 1 aromatic heterocycles. The molecule has 5 aromatic rings. The van der Waals surface area contributed by atoms with Crippen molar-refractivity contribution in [1.82, 2.24) is 10.0 Å². The molecule has 4 unspecified atom stereocenters. The summed E-state index contributed by atoms with van der Waals surface area (Å²) in [5, 5.41) is -1.10. The van der Waals surface area contributed by atoms with Gasteiger partial charge in [0.1, 0.15) is 13.2 Å². The molecule has 21 heteroatoms. The first kappa shape index (κ1) is 50.6. The van der Waals surface area contributed by atoms with Gasteiger partial charge in [-0.05, 0) is 74.2 Å². The van der Waals surface area contributed by atoms with Crippen LogP contribution in [0.3, 0.4) is 0 Å². The highest BCUT2D eigenvalue weighted by Gasteiger charge is 2.42. The van der Waals surface area contributed by atoms with Crippen LogP contribution in [-0.2, 0) is 56.4 Å². The number of hydrogen-bond donors (Lipinski definition) is 1. The van der Waals surface area contributed by atoms with Crippen molar-refractivity contribution in [2.75, 3.05) is 47.8 Å². The van der Waals surface area contributed by atoms with Crippen molar-refractivity contribution in [3.63, 3.8) is 0 Å². The Bertz CT molecular complexity index is 3120. The monoisotopic (exact) mass is 1060 g/mol. The number of amides is 4. The highest BCUT2D eigenvalue weighted by atomic mass is 33.1. The Morgan fingerprint density at radius 2 is 1.38 bits per heavy atom. The summed E-state index contributed by atoms with van der Waals surface area (Å²) in [5.74, 6) is -0.985. The number of anilines is 3. The van der Waals surface area contributed by atoms with Crippen molar-refractivity contribution in [2.24, 2.45) is 4.99 Å². The van der Waals surface area contributed by atoms with Crippen molar-refractivity contribution >= 4 is 91.2 Å². The molecule has 74 heavy (non-hydrogen) atoms. The van der Waals surface area contributed by atoms with Crippen molar-refractivity contribution in [2.45, 2.75) is 81.2 Å². The maximum Gasteiger partial charge on any atom is 0.351 e. The van der Waals surface area contributed by atoms with Crippen LogP contribution < -0.4 is 33.6 Å². The Hall–Kier alpha value is -6.94. The average Bonchev–Trinajstić information content (AvgIpc) is 4.02. The molecule has 6 heterocycles. The molecule has 5 aliphatic heterocycles. The van der Waals surface area contributed by atoms with Gasteiger partial charge in [0.2, 0.25) is 0 Å². The Morgan fingerprint density at radius 1 is 0.770 bits per heavy atom. The van der Waals surface area contributed by atoms with Gasteiger partial charge in [-0.15, -0.1) is 5.06 Å². The second-order valence-electron chi connectivity index (χ2n) is 18.8. The van der Waals surface area contributed by atoms with Crippen LogP contribution in [0.25, 0.3) is 0 Å². The fourth-order valence-electron chi connectivity index (χ4n) is 9.90. The average molecular weight is 1060 g/mol. The summed E-state index contributed by atoms with van der Waals surface area (Å²) < 4.78 is 46.1. The number of carbonyl (C=O) groups is 5. The molecule has 1 saturated heterocycles. The Labute approximate surface area is 437 Å². The fraction of sp³-hybridized carbons (Fsp3) is 0.340. The van der Waals surface area contributed by atoms with Crippen LogP contribution in [0.1, 0.15) is 76.3 Å². The first-order valence-corrected chi connectivity index (χ1v) is 27.4. The minimum absolute atomic E-state index is 0.0502. The van der Waals surface area contributed by atoms with E-state index in [4.69, 9.17) is 33.8 Å². The number of fused-ring (bicyclic) bond motifs is 8. The van der Waals surface area contributed by atoms with Gasteiger partial charge >= 0.3 is 5.97 Å². The van der Waals surface area contributed by atoms with E-state index in [2.05, 4.69) is 18.7 Å². The molecule has 0 saturated carbocycles. The molecular formula is C53H52N6O12S3. The van der Waals surface area contributed by atoms with Crippen LogP contribution in [0.4, 0.5) is 22.7 Å². The molecule has 4 atom stereocenters. The maximum atomic E-state index is 14.7. The van der Waals surface area contributed by atoms with E-state index in [0.717, 1.165) is 22.5 Å². The standard InChI is InChI=1S/C53H52N6O12S3/c1-53(2,73-72-19-18-47(74(65)66)52(64)71-59-48(60)16-17-49(59)61)30-56-27-36-21-32-11-6-8-15-41(32)58(36)51(63)38-23-44(68-4)46(25-42(38)56)70-29-34-13-9-12-33(55-34)28-69-45-24-39-37(22-43(45)67-3)50(62)57-35(26-54-39)20-31-10-5-7-14-40(31)57/h5-15,22-26,35-36,47H,16-21,27-30H2,1-4H3,(H,65,66). The minimum atomic E-state index is -2.61. The van der Waals surface area contributed by atoms with Gasteiger partial charge in [-0.3, -0.25) is 34.1 Å². The van der Waals surface area contributed by atoms with Gasteiger partial charge in [0.15, 0.2) is 39.3 Å². The number of imide groups is 1. The van der Waals surface area contributed by atoms with E-state index in [0.29, 0.717) is 87.9 Å². The Morgan fingerprint density at radius 3 is 2.04 bits per heavy atom. The third-order valence-electron chi connectivity index (χ3n) is 13.3. The summed E-state index contributed by atoms with van der Waals surface area (Å²) in [4.78, 5) is 85.9. The van der Waals surface area contributed by atoms with E-state index in [9.17, 15) is 32.7 Å². The molecule has 4 amide bonds. The lowest BCUT2D eigenvalue weighted by Gasteiger charge is -2.35. The minimum Gasteiger partial charge on any atom is -0.493 e. The number of benzene rings is 4. The van der Waals surface area contributed by atoms with Crippen LogP contribution in [0.2, 0.25) is 0 Å². The number of nitrogens with zero attached hydrogens (tertiary/aromatic N) is 6. The summed E-state index contributed by atoms with van der Waals surface area (Å²) >= 11 is -2.61. The Balaban J connectivity index is 0.840. The summed E-state index contributed by atoms with van der Waals surface area (Å²) in [6.45, 7) is 5.20. The number of hydrogen-bond acceptors (Lipinski definition) is 16. The van der Waals surface area contributed by atoms with Crippen molar-refractivity contribution in [3.8, 4) is 23.0 Å². The van der Waals surface area contributed by atoms with Crippen molar-refractivity contribution in [1.29, 1.82) is 0 Å². The number of carbonyl (C=O) groups excluding carboxylic acids is 5. The molecule has 0 aliphatic carbocycles. The summed E-state index contributed by atoms with van der Waals surface area (Å²) in [6.07, 6.45) is 2.91. The van der Waals surface area contributed by atoms with E-state index in [-0.39, 0.29) is 62.1 Å². The largest absolute Gasteiger partial charge is 0.493 e. The molecule has 4 aromatic carbocycles. The lowest BCUT2D eigenvalue weighted by atomic mass is 10.1. The van der Waals surface area contributed by atoms with E-state index < -0.39 is 38.9 Å². The first-order valence-electron chi connectivity index (χ1n) is 23.9.